The van der Waals surface area contributed by atoms with Gasteiger partial charge in [-0.15, -0.1) is 5.10 Å². The fourth-order valence-corrected chi connectivity index (χ4v) is 3.44. The number of aryl methyl sites for hydroxylation is 1. The maximum Gasteiger partial charge on any atom is 0.253 e. The number of aromatic nitrogens is 4. The Morgan fingerprint density at radius 3 is 2.91 bits per heavy atom. The third-order valence-corrected chi connectivity index (χ3v) is 4.68. The van der Waals surface area contributed by atoms with Gasteiger partial charge in [-0.25, -0.2) is 4.98 Å². The quantitative estimate of drug-likeness (QED) is 0.696. The number of nitrogens with zero attached hydrogens (tertiary/aromatic N) is 4. The highest BCUT2D eigenvalue weighted by Gasteiger charge is 2.21. The molecule has 0 amide bonds. The van der Waals surface area contributed by atoms with Crippen molar-refractivity contribution in [3.8, 4) is 0 Å². The smallest absolute Gasteiger partial charge is 0.253 e. The average Bonchev–Trinajstić information content (AvgIpc) is 2.98. The Kier molecular flexibility index (Phi) is 3.38. The van der Waals surface area contributed by atoms with Crippen LogP contribution in [0.3, 0.4) is 0 Å². The van der Waals surface area contributed by atoms with Crippen molar-refractivity contribution >= 4 is 23.3 Å². The van der Waals surface area contributed by atoms with Crippen molar-refractivity contribution in [2.24, 2.45) is 0 Å². The molecule has 0 bridgehead atoms. The molecule has 0 saturated carbocycles. The second-order valence-electron chi connectivity index (χ2n) is 5.28. The molecule has 5 nitrogen and oxygen atoms in total. The molecule has 0 fully saturated rings. The number of carbonyl (C=O) groups is 1. The molecule has 4 rings (SSSR count). The van der Waals surface area contributed by atoms with E-state index in [9.17, 15) is 4.79 Å². The van der Waals surface area contributed by atoms with E-state index in [1.54, 1.807) is 22.5 Å². The predicted molar refractivity (Wildman–Crippen MR) is 84.1 cm³/mol. The Hall–Kier alpha value is -2.21. The summed E-state index contributed by atoms with van der Waals surface area (Å²) in [6.07, 6.45) is 3.97. The van der Waals surface area contributed by atoms with E-state index in [0.717, 1.165) is 24.3 Å². The van der Waals surface area contributed by atoms with Gasteiger partial charge in [0.2, 0.25) is 5.16 Å². The van der Waals surface area contributed by atoms with Gasteiger partial charge in [-0.3, -0.25) is 4.79 Å². The van der Waals surface area contributed by atoms with Crippen LogP contribution in [0.5, 0.6) is 0 Å². The van der Waals surface area contributed by atoms with Crippen molar-refractivity contribution in [1.29, 1.82) is 0 Å². The van der Waals surface area contributed by atoms with E-state index in [0.29, 0.717) is 22.9 Å². The Labute approximate surface area is 131 Å². The van der Waals surface area contributed by atoms with E-state index in [4.69, 9.17) is 0 Å². The van der Waals surface area contributed by atoms with Gasteiger partial charge in [-0.05, 0) is 18.4 Å². The van der Waals surface area contributed by atoms with Crippen LogP contribution in [0, 0.1) is 0 Å². The monoisotopic (exact) mass is 310 g/mol. The molecule has 0 radical (unpaired) electrons. The maximum atomic E-state index is 11.9. The van der Waals surface area contributed by atoms with E-state index < -0.39 is 0 Å². The fraction of sp³-hybridized carbons (Fsp3) is 0.250. The van der Waals surface area contributed by atoms with Crippen molar-refractivity contribution in [3.63, 3.8) is 0 Å². The second-order valence-corrected chi connectivity index (χ2v) is 6.22. The van der Waals surface area contributed by atoms with Crippen LogP contribution in [-0.4, -0.2) is 25.4 Å². The van der Waals surface area contributed by atoms with Crippen molar-refractivity contribution in [2.45, 2.75) is 30.2 Å². The molecule has 0 spiro atoms. The minimum absolute atomic E-state index is 0.157. The number of Topliss-reactive ketones (excluding diaryl/α,β-unsaturated/α-hetero) is 1. The summed E-state index contributed by atoms with van der Waals surface area (Å²) in [7, 11) is 0. The van der Waals surface area contributed by atoms with Crippen LogP contribution in [0.15, 0.2) is 41.7 Å². The molecule has 6 heteroatoms. The molecule has 0 saturated heterocycles. The lowest BCUT2D eigenvalue weighted by atomic mass is 9.96. The molecule has 110 valence electrons. The van der Waals surface area contributed by atoms with Crippen LogP contribution in [0.2, 0.25) is 0 Å². The molecule has 0 aliphatic heterocycles. The van der Waals surface area contributed by atoms with Gasteiger partial charge in [0, 0.05) is 18.4 Å². The van der Waals surface area contributed by atoms with E-state index in [2.05, 4.69) is 27.2 Å². The molecule has 0 N–H and O–H groups in total. The van der Waals surface area contributed by atoms with E-state index in [1.165, 1.54) is 5.56 Å². The van der Waals surface area contributed by atoms with E-state index in [-0.39, 0.29) is 5.78 Å². The largest absolute Gasteiger partial charge is 0.294 e. The van der Waals surface area contributed by atoms with Gasteiger partial charge in [-0.2, -0.15) is 9.50 Å². The lowest BCUT2D eigenvalue weighted by Gasteiger charge is -2.13. The highest BCUT2D eigenvalue weighted by Crippen LogP contribution is 2.24. The van der Waals surface area contributed by atoms with Crippen LogP contribution < -0.4 is 0 Å². The standard InChI is InChI=1S/C16H14N4OS/c21-14-8-4-7-13-12(14)9-17-15-18-16(19-20(13)15)22-10-11-5-2-1-3-6-11/h1-3,5-6,9H,4,7-8,10H2. The van der Waals surface area contributed by atoms with Crippen LogP contribution in [0.25, 0.3) is 5.78 Å². The molecule has 2 aromatic heterocycles. The topological polar surface area (TPSA) is 60.2 Å². The SMILES string of the molecule is O=C1CCCc2c1cnc1nc(SCc3ccccc3)nn21. The van der Waals surface area contributed by atoms with Gasteiger partial charge in [0.15, 0.2) is 5.78 Å². The van der Waals surface area contributed by atoms with Gasteiger partial charge < -0.3 is 0 Å². The first-order valence-electron chi connectivity index (χ1n) is 7.26. The Morgan fingerprint density at radius 2 is 2.05 bits per heavy atom. The lowest BCUT2D eigenvalue weighted by Crippen LogP contribution is -2.16. The van der Waals surface area contributed by atoms with Gasteiger partial charge in [0.25, 0.3) is 5.78 Å². The first-order chi connectivity index (χ1) is 10.8. The summed E-state index contributed by atoms with van der Waals surface area (Å²) < 4.78 is 1.74. The van der Waals surface area contributed by atoms with Gasteiger partial charge in [0.05, 0.1) is 11.3 Å². The number of rotatable bonds is 3. The normalized spacial score (nSPS) is 14.3. The number of hydrogen-bond acceptors (Lipinski definition) is 5. The molecule has 1 aliphatic carbocycles. The number of fused-ring (bicyclic) bond motifs is 3. The molecule has 3 aromatic rings. The Morgan fingerprint density at radius 1 is 1.18 bits per heavy atom. The molecular weight excluding hydrogens is 296 g/mol. The highest BCUT2D eigenvalue weighted by atomic mass is 32.2. The zero-order chi connectivity index (χ0) is 14.9. The molecule has 0 atom stereocenters. The Balaban J connectivity index is 1.65. The highest BCUT2D eigenvalue weighted by molar-refractivity contribution is 7.98. The zero-order valence-electron chi connectivity index (χ0n) is 11.9. The average molecular weight is 310 g/mol. The third-order valence-electron chi connectivity index (χ3n) is 3.77. The molecule has 2 heterocycles. The number of hydrogen-bond donors (Lipinski definition) is 0. The number of benzene rings is 1. The molecule has 0 unspecified atom stereocenters. The summed E-state index contributed by atoms with van der Waals surface area (Å²) in [5.41, 5.74) is 2.88. The summed E-state index contributed by atoms with van der Waals surface area (Å²) >= 11 is 1.58. The van der Waals surface area contributed by atoms with E-state index in [1.807, 2.05) is 18.2 Å². The Bertz CT molecular complexity index is 844. The van der Waals surface area contributed by atoms with Crippen molar-refractivity contribution in [2.75, 3.05) is 0 Å². The summed E-state index contributed by atoms with van der Waals surface area (Å²) in [5.74, 6) is 1.55. The molecular formula is C16H14N4OS. The third kappa shape index (κ3) is 2.39. The summed E-state index contributed by atoms with van der Waals surface area (Å²) in [4.78, 5) is 20.7. The second kappa shape index (κ2) is 5.53. The van der Waals surface area contributed by atoms with Crippen molar-refractivity contribution in [3.05, 3.63) is 53.3 Å². The van der Waals surface area contributed by atoms with Crippen LogP contribution in [0.4, 0.5) is 0 Å². The van der Waals surface area contributed by atoms with Gasteiger partial charge in [0.1, 0.15) is 0 Å². The van der Waals surface area contributed by atoms with Crippen LogP contribution in [0.1, 0.15) is 34.5 Å². The number of ketones is 1. The first kappa shape index (κ1) is 13.5. The van der Waals surface area contributed by atoms with Gasteiger partial charge >= 0.3 is 0 Å². The number of thioether (sulfide) groups is 1. The lowest BCUT2D eigenvalue weighted by molar-refractivity contribution is 0.0970. The number of carbonyl (C=O) groups excluding carboxylic acids is 1. The van der Waals surface area contributed by atoms with E-state index >= 15 is 0 Å². The van der Waals surface area contributed by atoms with Crippen LogP contribution >= 0.6 is 11.8 Å². The predicted octanol–water partition coefficient (Wildman–Crippen LogP) is 2.94. The fourth-order valence-electron chi connectivity index (χ4n) is 2.67. The molecule has 1 aliphatic rings. The van der Waals surface area contributed by atoms with Crippen molar-refractivity contribution in [1.82, 2.24) is 19.6 Å². The van der Waals surface area contributed by atoms with Crippen molar-refractivity contribution < 1.29 is 4.79 Å². The van der Waals surface area contributed by atoms with Gasteiger partial charge in [-0.1, -0.05) is 42.1 Å². The zero-order valence-corrected chi connectivity index (χ0v) is 12.7. The molecule has 1 aromatic carbocycles. The van der Waals surface area contributed by atoms with Crippen LogP contribution in [-0.2, 0) is 12.2 Å². The summed E-state index contributed by atoms with van der Waals surface area (Å²) in [6.45, 7) is 0. The summed E-state index contributed by atoms with van der Waals surface area (Å²) in [5, 5.41) is 5.23. The summed E-state index contributed by atoms with van der Waals surface area (Å²) in [6, 6.07) is 10.2. The molecule has 22 heavy (non-hydrogen) atoms. The minimum atomic E-state index is 0.157. The maximum absolute atomic E-state index is 11.9. The first-order valence-corrected chi connectivity index (χ1v) is 8.24. The minimum Gasteiger partial charge on any atom is -0.294 e.